The molecule has 1 atom stereocenters. The summed E-state index contributed by atoms with van der Waals surface area (Å²) in [7, 11) is 6.15. The Morgan fingerprint density at radius 1 is 1.42 bits per heavy atom. The van der Waals surface area contributed by atoms with Gasteiger partial charge in [0.1, 0.15) is 6.54 Å². The number of ether oxygens (including phenoxy) is 1. The molecule has 0 rings (SSSR count). The summed E-state index contributed by atoms with van der Waals surface area (Å²) in [6, 6.07) is 0. The summed E-state index contributed by atoms with van der Waals surface area (Å²) in [6.45, 7) is 4.83. The number of hydrogen-bond acceptors (Lipinski definition) is 2. The first-order valence-electron chi connectivity index (χ1n) is 4.29. The second-order valence-electron chi connectivity index (χ2n) is 4.03. The Morgan fingerprint density at radius 2 is 1.92 bits per heavy atom. The number of nitrogens with zero attached hydrogens (tertiary/aromatic N) is 1. The number of carbonyl (C=O) groups is 1. The van der Waals surface area contributed by atoms with Gasteiger partial charge < -0.3 is 9.22 Å². The van der Waals surface area contributed by atoms with E-state index in [1.54, 1.807) is 6.92 Å². The van der Waals surface area contributed by atoms with E-state index < -0.39 is 0 Å². The number of rotatable bonds is 5. The lowest BCUT2D eigenvalue weighted by Gasteiger charge is -2.27. The number of Topliss-reactive ketones (excluding diaryl/α,β-unsaturated/α-hetero) is 1. The van der Waals surface area contributed by atoms with Crippen LogP contribution in [-0.2, 0) is 9.53 Å². The van der Waals surface area contributed by atoms with Crippen LogP contribution in [0.2, 0.25) is 0 Å². The minimum atomic E-state index is -0.241. The highest BCUT2D eigenvalue weighted by atomic mass is 16.5. The third-order valence-corrected chi connectivity index (χ3v) is 1.53. The average Bonchev–Trinajstić information content (AvgIpc) is 1.83. The van der Waals surface area contributed by atoms with Crippen molar-refractivity contribution < 1.29 is 14.0 Å². The maximum atomic E-state index is 11.1. The molecule has 3 nitrogen and oxygen atoms in total. The lowest BCUT2D eigenvalue weighted by molar-refractivity contribution is -0.872. The Hall–Kier alpha value is -0.410. The van der Waals surface area contributed by atoms with E-state index in [0.717, 1.165) is 11.0 Å². The van der Waals surface area contributed by atoms with Crippen LogP contribution >= 0.6 is 0 Å². The van der Waals surface area contributed by atoms with Gasteiger partial charge in [0.25, 0.3) is 0 Å². The van der Waals surface area contributed by atoms with E-state index in [2.05, 4.69) is 21.1 Å². The van der Waals surface area contributed by atoms with E-state index in [9.17, 15) is 4.79 Å². The van der Waals surface area contributed by atoms with Gasteiger partial charge in [-0.2, -0.15) is 0 Å². The highest BCUT2D eigenvalue weighted by Crippen LogP contribution is 2.00. The molecule has 0 amide bonds. The topological polar surface area (TPSA) is 26.3 Å². The molecular weight excluding hydrogens is 154 g/mol. The van der Waals surface area contributed by atoms with Gasteiger partial charge in [-0.25, -0.2) is 0 Å². The van der Waals surface area contributed by atoms with Gasteiger partial charge in [-0.3, -0.25) is 4.79 Å². The quantitative estimate of drug-likeness (QED) is 0.573. The zero-order chi connectivity index (χ0) is 9.78. The summed E-state index contributed by atoms with van der Waals surface area (Å²) in [5.74, 6) is 0.116. The van der Waals surface area contributed by atoms with Crippen molar-refractivity contribution in [1.29, 1.82) is 0 Å². The zero-order valence-corrected chi connectivity index (χ0v) is 8.76. The van der Waals surface area contributed by atoms with Crippen LogP contribution in [0.1, 0.15) is 13.8 Å². The molecule has 0 aliphatic carbocycles. The zero-order valence-electron chi connectivity index (χ0n) is 8.76. The molecule has 0 radical (unpaired) electrons. The molecule has 12 heavy (non-hydrogen) atoms. The van der Waals surface area contributed by atoms with Gasteiger partial charge in [0.05, 0.1) is 21.1 Å². The maximum absolute atomic E-state index is 11.1. The summed E-state index contributed by atoms with van der Waals surface area (Å²) < 4.78 is 6.07. The van der Waals surface area contributed by atoms with Crippen LogP contribution in [-0.4, -0.2) is 50.7 Å². The van der Waals surface area contributed by atoms with Crippen molar-refractivity contribution >= 4 is 5.78 Å². The second-order valence-corrected chi connectivity index (χ2v) is 4.03. The SMILES string of the molecule is CCOC(C[N+](C)(C)C)C(C)=O. The van der Waals surface area contributed by atoms with Gasteiger partial charge in [-0.05, 0) is 13.8 Å². The number of likely N-dealkylation sites (N-methyl/N-ethyl adjacent to an activating group) is 1. The summed E-state index contributed by atoms with van der Waals surface area (Å²) in [5, 5.41) is 0. The van der Waals surface area contributed by atoms with E-state index in [4.69, 9.17) is 4.74 Å². The third-order valence-electron chi connectivity index (χ3n) is 1.53. The number of ketones is 1. The van der Waals surface area contributed by atoms with Crippen molar-refractivity contribution in [3.63, 3.8) is 0 Å². The maximum Gasteiger partial charge on any atom is 0.164 e. The van der Waals surface area contributed by atoms with Crippen molar-refractivity contribution in [2.45, 2.75) is 20.0 Å². The van der Waals surface area contributed by atoms with E-state index in [1.165, 1.54) is 0 Å². The van der Waals surface area contributed by atoms with Gasteiger partial charge >= 0.3 is 0 Å². The molecule has 0 aromatic rings. The summed E-state index contributed by atoms with van der Waals surface area (Å²) in [6.07, 6.45) is -0.241. The van der Waals surface area contributed by atoms with Gasteiger partial charge in [0, 0.05) is 6.61 Å². The minimum Gasteiger partial charge on any atom is -0.365 e. The highest BCUT2D eigenvalue weighted by molar-refractivity contribution is 5.80. The predicted molar refractivity (Wildman–Crippen MR) is 49.0 cm³/mol. The molecule has 0 heterocycles. The molecule has 0 spiro atoms. The second kappa shape index (κ2) is 4.58. The Labute approximate surface area is 74.9 Å². The fourth-order valence-electron chi connectivity index (χ4n) is 0.997. The Bertz CT molecular complexity index is 149. The third kappa shape index (κ3) is 5.27. The molecule has 0 saturated carbocycles. The van der Waals surface area contributed by atoms with Crippen LogP contribution in [0.25, 0.3) is 0 Å². The van der Waals surface area contributed by atoms with Crippen molar-refractivity contribution in [2.24, 2.45) is 0 Å². The molecule has 0 aromatic carbocycles. The van der Waals surface area contributed by atoms with Crippen LogP contribution in [0.3, 0.4) is 0 Å². The first-order chi connectivity index (χ1) is 5.37. The summed E-state index contributed by atoms with van der Waals surface area (Å²) in [5.41, 5.74) is 0. The van der Waals surface area contributed by atoms with Crippen LogP contribution in [0.5, 0.6) is 0 Å². The predicted octanol–water partition coefficient (Wildman–Crippen LogP) is 0.687. The number of carbonyl (C=O) groups excluding carboxylic acids is 1. The Balaban J connectivity index is 4.05. The fourth-order valence-corrected chi connectivity index (χ4v) is 0.997. The highest BCUT2D eigenvalue weighted by Gasteiger charge is 2.21. The molecule has 0 bridgehead atoms. The standard InChI is InChI=1S/C9H20NO2/c1-6-12-9(8(2)11)7-10(3,4)5/h9H,6-7H2,1-5H3/q+1. The van der Waals surface area contributed by atoms with Gasteiger partial charge in [-0.15, -0.1) is 0 Å². The van der Waals surface area contributed by atoms with Gasteiger partial charge in [0.15, 0.2) is 11.9 Å². The lowest BCUT2D eigenvalue weighted by atomic mass is 10.2. The Morgan fingerprint density at radius 3 is 2.17 bits per heavy atom. The molecule has 0 aliphatic heterocycles. The van der Waals surface area contributed by atoms with Crippen molar-refractivity contribution in [1.82, 2.24) is 0 Å². The van der Waals surface area contributed by atoms with E-state index in [0.29, 0.717) is 6.61 Å². The smallest absolute Gasteiger partial charge is 0.164 e. The Kier molecular flexibility index (Phi) is 4.42. The largest absolute Gasteiger partial charge is 0.365 e. The average molecular weight is 174 g/mol. The molecule has 0 aromatic heterocycles. The monoisotopic (exact) mass is 174 g/mol. The number of quaternary nitrogens is 1. The molecule has 0 fully saturated rings. The minimum absolute atomic E-state index is 0.116. The summed E-state index contributed by atoms with van der Waals surface area (Å²) >= 11 is 0. The summed E-state index contributed by atoms with van der Waals surface area (Å²) in [4.78, 5) is 11.1. The van der Waals surface area contributed by atoms with Crippen LogP contribution < -0.4 is 0 Å². The van der Waals surface area contributed by atoms with Crippen molar-refractivity contribution in [3.05, 3.63) is 0 Å². The molecule has 72 valence electrons. The lowest BCUT2D eigenvalue weighted by Crippen LogP contribution is -2.45. The normalized spacial score (nSPS) is 14.4. The first kappa shape index (κ1) is 11.6. The first-order valence-corrected chi connectivity index (χ1v) is 4.29. The molecule has 0 aliphatic rings. The molecule has 0 saturated heterocycles. The van der Waals surface area contributed by atoms with Crippen LogP contribution in [0.15, 0.2) is 0 Å². The molecule has 3 heteroatoms. The number of hydrogen-bond donors (Lipinski definition) is 0. The fraction of sp³-hybridized carbons (Fsp3) is 0.889. The van der Waals surface area contributed by atoms with Crippen LogP contribution in [0.4, 0.5) is 0 Å². The molecule has 0 N–H and O–H groups in total. The molecule has 1 unspecified atom stereocenters. The van der Waals surface area contributed by atoms with Crippen molar-refractivity contribution in [3.8, 4) is 0 Å². The van der Waals surface area contributed by atoms with E-state index in [-0.39, 0.29) is 11.9 Å². The van der Waals surface area contributed by atoms with Gasteiger partial charge in [-0.1, -0.05) is 0 Å². The molecular formula is C9H20NO2+. The van der Waals surface area contributed by atoms with Crippen LogP contribution in [0, 0.1) is 0 Å². The van der Waals surface area contributed by atoms with E-state index in [1.807, 2.05) is 6.92 Å². The van der Waals surface area contributed by atoms with Crippen molar-refractivity contribution in [2.75, 3.05) is 34.3 Å². The van der Waals surface area contributed by atoms with Gasteiger partial charge in [0.2, 0.25) is 0 Å². The van der Waals surface area contributed by atoms with E-state index >= 15 is 0 Å².